The van der Waals surface area contributed by atoms with E-state index in [1.165, 1.54) is 12.1 Å². The number of carbonyl (C=O) groups excluding carboxylic acids is 1. The van der Waals surface area contributed by atoms with E-state index in [-0.39, 0.29) is 24.2 Å². The second-order valence-corrected chi connectivity index (χ2v) is 7.71. The fourth-order valence-electron chi connectivity index (χ4n) is 3.45. The van der Waals surface area contributed by atoms with Crippen LogP contribution in [0.4, 0.5) is 10.2 Å². The normalized spacial score (nSPS) is 16.3. The van der Waals surface area contributed by atoms with Crippen molar-refractivity contribution in [2.45, 2.75) is 25.8 Å². The molecule has 9 heteroatoms. The quantitative estimate of drug-likeness (QED) is 0.329. The number of nitrogens with one attached hydrogen (secondary N) is 3. The third kappa shape index (κ3) is 7.10. The third-order valence-corrected chi connectivity index (χ3v) is 5.16. The number of nitrogens with zero attached hydrogens (tertiary/aromatic N) is 3. The van der Waals surface area contributed by atoms with Crippen molar-refractivity contribution in [2.24, 2.45) is 4.99 Å². The summed E-state index contributed by atoms with van der Waals surface area (Å²) in [6.07, 6.45) is 2.84. The Balaban J connectivity index is 1.44. The molecule has 0 bridgehead atoms. The maximum Gasteiger partial charge on any atom is 0.224 e. The summed E-state index contributed by atoms with van der Waals surface area (Å²) in [5.74, 6) is 1.02. The molecule has 1 unspecified atom stereocenters. The van der Waals surface area contributed by atoms with Crippen LogP contribution in [0.25, 0.3) is 0 Å². The van der Waals surface area contributed by atoms with E-state index in [0.717, 1.165) is 31.9 Å². The summed E-state index contributed by atoms with van der Waals surface area (Å²) in [7, 11) is 0. The first-order valence-electron chi connectivity index (χ1n) is 10.5. The van der Waals surface area contributed by atoms with Gasteiger partial charge in [0.05, 0.1) is 18.0 Å². The van der Waals surface area contributed by atoms with Gasteiger partial charge in [-0.3, -0.25) is 9.79 Å². The number of aliphatic imine (C=N–C) groups is 1. The van der Waals surface area contributed by atoms with E-state index in [2.05, 4.69) is 30.8 Å². The fourth-order valence-corrected chi connectivity index (χ4v) is 3.69. The molecule has 31 heavy (non-hydrogen) atoms. The minimum Gasteiger partial charge on any atom is -0.357 e. The van der Waals surface area contributed by atoms with Gasteiger partial charge in [-0.05, 0) is 43.2 Å². The molecular formula is C22H28ClFN6O. The van der Waals surface area contributed by atoms with Gasteiger partial charge in [0.1, 0.15) is 11.6 Å². The van der Waals surface area contributed by atoms with Gasteiger partial charge in [-0.2, -0.15) is 0 Å². The van der Waals surface area contributed by atoms with Gasteiger partial charge in [-0.25, -0.2) is 9.37 Å². The van der Waals surface area contributed by atoms with Crippen molar-refractivity contribution in [1.29, 1.82) is 0 Å². The second kappa shape index (κ2) is 11.5. The number of pyridine rings is 1. The van der Waals surface area contributed by atoms with Crippen LogP contribution in [0, 0.1) is 5.82 Å². The van der Waals surface area contributed by atoms with Gasteiger partial charge < -0.3 is 20.9 Å². The molecule has 1 fully saturated rings. The molecule has 1 aliphatic rings. The molecule has 2 aromatic rings. The molecule has 2 heterocycles. The lowest BCUT2D eigenvalue weighted by atomic mass is 10.1. The molecule has 1 amide bonds. The number of hydrogen-bond acceptors (Lipinski definition) is 4. The molecular weight excluding hydrogens is 419 g/mol. The standard InChI is InChI=1S/C22H28ClFN6O/c1-2-25-22(28-11-10-26-20(31)14-16-5-3-6-17(24)13-16)29-18-8-12-30(15-18)21-19(23)7-4-9-27-21/h3-7,9,13,18H,2,8,10-12,14-15H2,1H3,(H,26,31)(H2,25,28,29). The average molecular weight is 447 g/mol. The maximum atomic E-state index is 13.2. The molecule has 1 atom stereocenters. The SMILES string of the molecule is CCNC(=NCCNC(=O)Cc1cccc(F)c1)NC1CCN(c2ncccc2Cl)C1. The number of benzene rings is 1. The summed E-state index contributed by atoms with van der Waals surface area (Å²) in [6, 6.07) is 9.95. The minimum atomic E-state index is -0.341. The minimum absolute atomic E-state index is 0.147. The summed E-state index contributed by atoms with van der Waals surface area (Å²) >= 11 is 6.26. The van der Waals surface area contributed by atoms with E-state index in [0.29, 0.717) is 29.6 Å². The van der Waals surface area contributed by atoms with Crippen LogP contribution in [0.2, 0.25) is 5.02 Å². The van der Waals surface area contributed by atoms with Crippen LogP contribution in [-0.4, -0.2) is 55.6 Å². The largest absolute Gasteiger partial charge is 0.357 e. The molecule has 1 aliphatic heterocycles. The summed E-state index contributed by atoms with van der Waals surface area (Å²) in [5.41, 5.74) is 0.648. The Morgan fingerprint density at radius 2 is 2.19 bits per heavy atom. The van der Waals surface area contributed by atoms with Gasteiger partial charge in [-0.15, -0.1) is 0 Å². The fraction of sp³-hybridized carbons (Fsp3) is 0.409. The van der Waals surface area contributed by atoms with Crippen molar-refractivity contribution >= 4 is 29.3 Å². The van der Waals surface area contributed by atoms with Crippen LogP contribution in [0.5, 0.6) is 0 Å². The van der Waals surface area contributed by atoms with E-state index in [9.17, 15) is 9.18 Å². The number of rotatable bonds is 8. The predicted molar refractivity (Wildman–Crippen MR) is 122 cm³/mol. The van der Waals surface area contributed by atoms with Crippen molar-refractivity contribution < 1.29 is 9.18 Å². The van der Waals surface area contributed by atoms with Crippen LogP contribution in [-0.2, 0) is 11.2 Å². The van der Waals surface area contributed by atoms with E-state index in [4.69, 9.17) is 11.6 Å². The van der Waals surface area contributed by atoms with Crippen LogP contribution >= 0.6 is 11.6 Å². The molecule has 0 aliphatic carbocycles. The van der Waals surface area contributed by atoms with Crippen LogP contribution < -0.4 is 20.9 Å². The zero-order chi connectivity index (χ0) is 22.1. The number of aromatic nitrogens is 1. The van der Waals surface area contributed by atoms with E-state index < -0.39 is 0 Å². The van der Waals surface area contributed by atoms with Gasteiger partial charge in [0.25, 0.3) is 0 Å². The van der Waals surface area contributed by atoms with Gasteiger partial charge >= 0.3 is 0 Å². The van der Waals surface area contributed by atoms with Crippen LogP contribution in [0.15, 0.2) is 47.6 Å². The van der Waals surface area contributed by atoms with Gasteiger partial charge in [-0.1, -0.05) is 23.7 Å². The average Bonchev–Trinajstić information content (AvgIpc) is 3.20. The molecule has 0 radical (unpaired) electrons. The summed E-state index contributed by atoms with van der Waals surface area (Å²) in [4.78, 5) is 23.1. The van der Waals surface area contributed by atoms with Crippen molar-refractivity contribution in [2.75, 3.05) is 37.6 Å². The summed E-state index contributed by atoms with van der Waals surface area (Å²) in [6.45, 7) is 5.24. The van der Waals surface area contributed by atoms with E-state index >= 15 is 0 Å². The molecule has 1 aromatic heterocycles. The van der Waals surface area contributed by atoms with Crippen molar-refractivity contribution in [3.05, 3.63) is 59.0 Å². The smallest absolute Gasteiger partial charge is 0.224 e. The Bertz CT molecular complexity index is 909. The zero-order valence-electron chi connectivity index (χ0n) is 17.6. The number of anilines is 1. The molecule has 3 N–H and O–H groups in total. The Morgan fingerprint density at radius 3 is 2.97 bits per heavy atom. The first-order chi connectivity index (χ1) is 15.0. The summed E-state index contributed by atoms with van der Waals surface area (Å²) < 4.78 is 13.2. The first-order valence-corrected chi connectivity index (χ1v) is 10.8. The Morgan fingerprint density at radius 1 is 1.32 bits per heavy atom. The van der Waals surface area contributed by atoms with Crippen LogP contribution in [0.1, 0.15) is 18.9 Å². The number of guanidine groups is 1. The summed E-state index contributed by atoms with van der Waals surface area (Å²) in [5, 5.41) is 10.1. The van der Waals surface area contributed by atoms with E-state index in [1.807, 2.05) is 19.1 Å². The molecule has 1 aromatic carbocycles. The Hall–Kier alpha value is -2.87. The number of hydrogen-bond donors (Lipinski definition) is 3. The molecule has 166 valence electrons. The van der Waals surface area contributed by atoms with Crippen LogP contribution in [0.3, 0.4) is 0 Å². The topological polar surface area (TPSA) is 81.6 Å². The highest BCUT2D eigenvalue weighted by Gasteiger charge is 2.25. The number of carbonyl (C=O) groups is 1. The lowest BCUT2D eigenvalue weighted by molar-refractivity contribution is -0.120. The molecule has 1 saturated heterocycles. The molecule has 3 rings (SSSR count). The number of amides is 1. The highest BCUT2D eigenvalue weighted by molar-refractivity contribution is 6.32. The monoisotopic (exact) mass is 446 g/mol. The van der Waals surface area contributed by atoms with Gasteiger partial charge in [0.2, 0.25) is 5.91 Å². The molecule has 0 spiro atoms. The highest BCUT2D eigenvalue weighted by Crippen LogP contribution is 2.25. The van der Waals surface area contributed by atoms with Gasteiger partial charge in [0.15, 0.2) is 5.96 Å². The van der Waals surface area contributed by atoms with Gasteiger partial charge in [0, 0.05) is 38.4 Å². The third-order valence-electron chi connectivity index (χ3n) is 4.87. The molecule has 0 saturated carbocycles. The Labute approximate surface area is 187 Å². The van der Waals surface area contributed by atoms with Crippen molar-refractivity contribution in [1.82, 2.24) is 20.9 Å². The highest BCUT2D eigenvalue weighted by atomic mass is 35.5. The predicted octanol–water partition coefficient (Wildman–Crippen LogP) is 2.37. The second-order valence-electron chi connectivity index (χ2n) is 7.30. The maximum absolute atomic E-state index is 13.2. The van der Waals surface area contributed by atoms with Crippen molar-refractivity contribution in [3.63, 3.8) is 0 Å². The lowest BCUT2D eigenvalue weighted by Crippen LogP contribution is -2.45. The lowest BCUT2D eigenvalue weighted by Gasteiger charge is -2.20. The van der Waals surface area contributed by atoms with Crippen molar-refractivity contribution in [3.8, 4) is 0 Å². The number of halogens is 2. The Kier molecular flexibility index (Phi) is 8.46. The zero-order valence-corrected chi connectivity index (χ0v) is 18.3. The first kappa shape index (κ1) is 22.8. The van der Waals surface area contributed by atoms with E-state index in [1.54, 1.807) is 18.3 Å². The molecule has 7 nitrogen and oxygen atoms in total.